The number of carbonyl (C=O) groups is 1. The fourth-order valence-electron chi connectivity index (χ4n) is 4.10. The smallest absolute Gasteiger partial charge is 0.266 e. The highest BCUT2D eigenvalue weighted by atomic mass is 35.5. The van der Waals surface area contributed by atoms with E-state index in [4.69, 9.17) is 16.3 Å². The molecular weight excluding hydrogens is 354 g/mol. The molecule has 6 nitrogen and oxygen atoms in total. The Kier molecular flexibility index (Phi) is 4.46. The maximum absolute atomic E-state index is 13.1. The monoisotopic (exact) mass is 373 g/mol. The van der Waals surface area contributed by atoms with Crippen molar-refractivity contribution in [3.05, 3.63) is 63.0 Å². The predicted molar refractivity (Wildman–Crippen MR) is 98.7 cm³/mol. The third-order valence-electron chi connectivity index (χ3n) is 5.39. The summed E-state index contributed by atoms with van der Waals surface area (Å²) in [6, 6.07) is 9.31. The van der Waals surface area contributed by atoms with Crippen molar-refractivity contribution in [2.45, 2.75) is 6.04 Å². The van der Waals surface area contributed by atoms with Gasteiger partial charge in [-0.2, -0.15) is 0 Å². The van der Waals surface area contributed by atoms with E-state index in [0.29, 0.717) is 23.9 Å². The van der Waals surface area contributed by atoms with Crippen LogP contribution in [0.15, 0.2) is 41.3 Å². The molecule has 0 aliphatic carbocycles. The lowest BCUT2D eigenvalue weighted by atomic mass is 9.89. The van der Waals surface area contributed by atoms with Crippen LogP contribution in [0.1, 0.15) is 22.0 Å². The molecule has 1 amide bonds. The number of nitrogens with one attached hydrogen (secondary N) is 2. The van der Waals surface area contributed by atoms with Crippen molar-refractivity contribution in [2.75, 3.05) is 26.7 Å². The van der Waals surface area contributed by atoms with Crippen molar-refractivity contribution in [1.29, 1.82) is 0 Å². The summed E-state index contributed by atoms with van der Waals surface area (Å²) in [4.78, 5) is 29.1. The summed E-state index contributed by atoms with van der Waals surface area (Å²) in [6.45, 7) is 2.48. The van der Waals surface area contributed by atoms with Gasteiger partial charge in [-0.3, -0.25) is 9.59 Å². The minimum absolute atomic E-state index is 0.0147. The number of amides is 1. The van der Waals surface area contributed by atoms with Gasteiger partial charge in [0.15, 0.2) is 0 Å². The molecule has 3 heterocycles. The summed E-state index contributed by atoms with van der Waals surface area (Å²) in [5.74, 6) is 1.46. The highest BCUT2D eigenvalue weighted by molar-refractivity contribution is 6.30. The number of halogens is 1. The van der Waals surface area contributed by atoms with Gasteiger partial charge >= 0.3 is 0 Å². The molecule has 0 bridgehead atoms. The van der Waals surface area contributed by atoms with Crippen LogP contribution in [0.4, 0.5) is 0 Å². The zero-order chi connectivity index (χ0) is 18.3. The van der Waals surface area contributed by atoms with Gasteiger partial charge in [-0.25, -0.2) is 0 Å². The number of hydrogen-bond donors (Lipinski definition) is 2. The van der Waals surface area contributed by atoms with Crippen molar-refractivity contribution in [2.24, 2.45) is 11.8 Å². The fourth-order valence-corrected chi connectivity index (χ4v) is 4.27. The second kappa shape index (κ2) is 6.78. The van der Waals surface area contributed by atoms with Crippen LogP contribution < -0.4 is 15.6 Å². The van der Waals surface area contributed by atoms with Crippen LogP contribution in [-0.4, -0.2) is 42.5 Å². The van der Waals surface area contributed by atoms with Gasteiger partial charge in [0.05, 0.1) is 18.7 Å². The van der Waals surface area contributed by atoms with E-state index in [2.05, 4.69) is 10.3 Å². The summed E-state index contributed by atoms with van der Waals surface area (Å²) in [6.07, 6.45) is 1.44. The number of methoxy groups -OCH3 is 1. The van der Waals surface area contributed by atoms with E-state index in [0.717, 1.165) is 24.4 Å². The molecule has 0 unspecified atom stereocenters. The number of pyridine rings is 1. The fraction of sp³-hybridized carbons (Fsp3) is 0.368. The first-order chi connectivity index (χ1) is 12.6. The normalized spacial score (nSPS) is 24.5. The molecule has 0 radical (unpaired) electrons. The quantitative estimate of drug-likeness (QED) is 0.863. The van der Waals surface area contributed by atoms with Gasteiger partial charge in [-0.15, -0.1) is 0 Å². The molecule has 136 valence electrons. The average molecular weight is 374 g/mol. The third kappa shape index (κ3) is 2.89. The van der Waals surface area contributed by atoms with Gasteiger partial charge < -0.3 is 19.9 Å². The zero-order valence-corrected chi connectivity index (χ0v) is 15.1. The van der Waals surface area contributed by atoms with Crippen LogP contribution in [0.2, 0.25) is 5.02 Å². The Morgan fingerprint density at radius 1 is 1.27 bits per heavy atom. The molecule has 2 aliphatic rings. The van der Waals surface area contributed by atoms with Crippen molar-refractivity contribution >= 4 is 17.5 Å². The first-order valence-corrected chi connectivity index (χ1v) is 9.00. The predicted octanol–water partition coefficient (Wildman–Crippen LogP) is 2.07. The second-order valence-corrected chi connectivity index (χ2v) is 7.23. The number of rotatable bonds is 3. The summed E-state index contributed by atoms with van der Waals surface area (Å²) in [7, 11) is 1.64. The molecule has 26 heavy (non-hydrogen) atoms. The summed E-state index contributed by atoms with van der Waals surface area (Å²) >= 11 is 5.91. The van der Waals surface area contributed by atoms with Crippen LogP contribution in [0, 0.1) is 11.8 Å². The van der Waals surface area contributed by atoms with Gasteiger partial charge in [0.1, 0.15) is 10.8 Å². The van der Waals surface area contributed by atoms with E-state index < -0.39 is 5.56 Å². The Bertz CT molecular complexity index is 880. The third-order valence-corrected chi connectivity index (χ3v) is 5.67. The van der Waals surface area contributed by atoms with Crippen molar-refractivity contribution in [3.8, 4) is 5.75 Å². The number of likely N-dealkylation sites (tertiary alicyclic amines) is 1. The van der Waals surface area contributed by atoms with Crippen LogP contribution in [0.3, 0.4) is 0 Å². The van der Waals surface area contributed by atoms with Crippen LogP contribution in [-0.2, 0) is 0 Å². The lowest BCUT2D eigenvalue weighted by Crippen LogP contribution is -2.35. The van der Waals surface area contributed by atoms with Crippen LogP contribution >= 0.6 is 11.6 Å². The number of ether oxygens (including phenoxy) is 1. The maximum atomic E-state index is 13.1. The van der Waals surface area contributed by atoms with E-state index in [1.165, 1.54) is 12.3 Å². The molecule has 0 spiro atoms. The number of benzene rings is 1. The van der Waals surface area contributed by atoms with E-state index in [-0.39, 0.29) is 17.0 Å². The number of fused-ring (bicyclic) bond motifs is 1. The average Bonchev–Trinajstić information content (AvgIpc) is 3.24. The summed E-state index contributed by atoms with van der Waals surface area (Å²) in [5, 5.41) is 3.46. The molecule has 1 aromatic carbocycles. The lowest BCUT2D eigenvalue weighted by molar-refractivity contribution is 0.0713. The number of nitrogens with zero attached hydrogens (tertiary/aromatic N) is 1. The second-order valence-electron chi connectivity index (χ2n) is 6.82. The molecule has 2 aromatic rings. The molecular formula is C19H20ClN3O3. The Hall–Kier alpha value is -2.31. The van der Waals surface area contributed by atoms with Crippen molar-refractivity contribution in [3.63, 3.8) is 0 Å². The molecule has 4 rings (SSSR count). The highest BCUT2D eigenvalue weighted by Gasteiger charge is 2.46. The molecule has 3 atom stereocenters. The van der Waals surface area contributed by atoms with Gasteiger partial charge in [-0.1, -0.05) is 23.7 Å². The molecule has 2 saturated heterocycles. The van der Waals surface area contributed by atoms with E-state index >= 15 is 0 Å². The van der Waals surface area contributed by atoms with Gasteiger partial charge in [0, 0.05) is 31.7 Å². The largest absolute Gasteiger partial charge is 0.497 e. The zero-order valence-electron chi connectivity index (χ0n) is 14.4. The molecule has 1 aromatic heterocycles. The first kappa shape index (κ1) is 17.1. The summed E-state index contributed by atoms with van der Waals surface area (Å²) in [5.41, 5.74) is 1.10. The molecule has 2 N–H and O–H groups in total. The SMILES string of the molecule is COc1ccc([C@H]2[C@H]3CNC[C@H]3CN2C(=O)c2c[nH]c(=O)c(Cl)c2)cc1. The maximum Gasteiger partial charge on any atom is 0.266 e. The molecule has 2 fully saturated rings. The highest BCUT2D eigenvalue weighted by Crippen LogP contribution is 2.43. The van der Waals surface area contributed by atoms with Crippen molar-refractivity contribution < 1.29 is 9.53 Å². The van der Waals surface area contributed by atoms with E-state index in [9.17, 15) is 9.59 Å². The Balaban J connectivity index is 1.69. The molecule has 0 saturated carbocycles. The number of hydrogen-bond acceptors (Lipinski definition) is 4. The number of H-pyrrole nitrogens is 1. The van der Waals surface area contributed by atoms with Crippen molar-refractivity contribution in [1.82, 2.24) is 15.2 Å². The minimum atomic E-state index is -0.391. The Morgan fingerprint density at radius 3 is 2.73 bits per heavy atom. The summed E-state index contributed by atoms with van der Waals surface area (Å²) < 4.78 is 5.25. The number of aromatic nitrogens is 1. The standard InChI is InChI=1S/C19H20ClN3O3/c1-26-14-4-2-11(3-5-14)17-15-9-21-7-13(15)10-23(17)19(25)12-6-16(20)18(24)22-8-12/h2-6,8,13,15,17,21H,7,9-10H2,1H3,(H,22,24)/t13-,15-,17-/m0/s1. The number of carbonyl (C=O) groups excluding carboxylic acids is 1. The number of aromatic amines is 1. The Morgan fingerprint density at radius 2 is 2.04 bits per heavy atom. The first-order valence-electron chi connectivity index (χ1n) is 8.62. The topological polar surface area (TPSA) is 74.4 Å². The van der Waals surface area contributed by atoms with Gasteiger partial charge in [-0.05, 0) is 29.7 Å². The van der Waals surface area contributed by atoms with E-state index in [1.54, 1.807) is 7.11 Å². The molecule has 7 heteroatoms. The van der Waals surface area contributed by atoms with Gasteiger partial charge in [0.25, 0.3) is 11.5 Å². The van der Waals surface area contributed by atoms with Crippen LogP contribution in [0.5, 0.6) is 5.75 Å². The van der Waals surface area contributed by atoms with Gasteiger partial charge in [0.2, 0.25) is 0 Å². The van der Waals surface area contributed by atoms with Crippen LogP contribution in [0.25, 0.3) is 0 Å². The molecule has 2 aliphatic heterocycles. The lowest BCUT2D eigenvalue weighted by Gasteiger charge is -2.28. The minimum Gasteiger partial charge on any atom is -0.497 e. The Labute approximate surface area is 156 Å². The van der Waals surface area contributed by atoms with E-state index in [1.807, 2.05) is 29.2 Å².